The summed E-state index contributed by atoms with van der Waals surface area (Å²) in [6, 6.07) is 19.5. The van der Waals surface area contributed by atoms with E-state index in [0.29, 0.717) is 29.1 Å². The minimum absolute atomic E-state index is 0.0982. The monoisotopic (exact) mass is 419 g/mol. The first-order valence-electron chi connectivity index (χ1n) is 9.62. The average molecular weight is 419 g/mol. The van der Waals surface area contributed by atoms with Crippen molar-refractivity contribution >= 4 is 28.9 Å². The zero-order chi connectivity index (χ0) is 22.2. The second-order valence-corrected chi connectivity index (χ2v) is 6.60. The maximum atomic E-state index is 12.4. The van der Waals surface area contributed by atoms with E-state index in [1.165, 1.54) is 6.07 Å². The van der Waals surface area contributed by atoms with Crippen LogP contribution in [0.2, 0.25) is 0 Å². The normalized spacial score (nSPS) is 10.2. The van der Waals surface area contributed by atoms with Crippen LogP contribution < -0.4 is 15.4 Å². The second kappa shape index (κ2) is 10.0. The Morgan fingerprint density at radius 1 is 0.903 bits per heavy atom. The second-order valence-electron chi connectivity index (χ2n) is 6.60. The van der Waals surface area contributed by atoms with Crippen LogP contribution in [-0.4, -0.2) is 23.3 Å². The molecule has 0 unspecified atom stereocenters. The molecule has 3 rings (SSSR count). The minimum Gasteiger partial charge on any atom is -0.494 e. The molecule has 0 heterocycles. The molecule has 0 aromatic heterocycles. The third-order valence-corrected chi connectivity index (χ3v) is 4.39. The summed E-state index contributed by atoms with van der Waals surface area (Å²) < 4.78 is 5.37. The zero-order valence-electron chi connectivity index (χ0n) is 16.8. The number of anilines is 2. The molecule has 8 nitrogen and oxygen atoms in total. The van der Waals surface area contributed by atoms with E-state index in [1.54, 1.807) is 66.7 Å². The number of ether oxygens (including phenoxy) is 1. The van der Waals surface area contributed by atoms with Crippen LogP contribution in [-0.2, 0) is 11.2 Å². The lowest BCUT2D eigenvalue weighted by Crippen LogP contribution is -2.16. The van der Waals surface area contributed by atoms with Crippen molar-refractivity contribution in [3.05, 3.63) is 94.0 Å². The van der Waals surface area contributed by atoms with Gasteiger partial charge in [0.25, 0.3) is 11.6 Å². The Morgan fingerprint density at radius 2 is 1.52 bits per heavy atom. The number of nitrogens with zero attached hydrogens (tertiary/aromatic N) is 1. The van der Waals surface area contributed by atoms with Crippen molar-refractivity contribution in [2.75, 3.05) is 17.2 Å². The number of hydrogen-bond acceptors (Lipinski definition) is 5. The maximum Gasteiger partial charge on any atom is 0.273 e. The molecule has 0 atom stereocenters. The summed E-state index contributed by atoms with van der Waals surface area (Å²) in [6.07, 6.45) is -0.128. The lowest BCUT2D eigenvalue weighted by molar-refractivity contribution is -0.385. The van der Waals surface area contributed by atoms with Crippen molar-refractivity contribution in [3.63, 3.8) is 0 Å². The summed E-state index contributed by atoms with van der Waals surface area (Å²) in [6.45, 7) is 2.46. The largest absolute Gasteiger partial charge is 0.494 e. The first-order valence-corrected chi connectivity index (χ1v) is 9.62. The first kappa shape index (κ1) is 21.5. The molecule has 3 aromatic carbocycles. The molecule has 158 valence electrons. The molecule has 0 saturated carbocycles. The summed E-state index contributed by atoms with van der Waals surface area (Å²) in [4.78, 5) is 35.2. The van der Waals surface area contributed by atoms with Gasteiger partial charge >= 0.3 is 0 Å². The van der Waals surface area contributed by atoms with Crippen molar-refractivity contribution in [1.29, 1.82) is 0 Å². The van der Waals surface area contributed by atoms with Crippen LogP contribution in [0.25, 0.3) is 0 Å². The summed E-state index contributed by atoms with van der Waals surface area (Å²) >= 11 is 0. The molecule has 0 aliphatic heterocycles. The van der Waals surface area contributed by atoms with Crippen LogP contribution in [0.3, 0.4) is 0 Å². The molecular weight excluding hydrogens is 398 g/mol. The maximum absolute atomic E-state index is 12.4. The molecule has 31 heavy (non-hydrogen) atoms. The fourth-order valence-corrected chi connectivity index (χ4v) is 2.93. The lowest BCUT2D eigenvalue weighted by Gasteiger charge is -2.09. The van der Waals surface area contributed by atoms with Gasteiger partial charge in [-0.05, 0) is 55.5 Å². The van der Waals surface area contributed by atoms with Crippen LogP contribution in [0.15, 0.2) is 72.8 Å². The van der Waals surface area contributed by atoms with Gasteiger partial charge in [0.1, 0.15) is 5.75 Å². The fourth-order valence-electron chi connectivity index (χ4n) is 2.93. The Hall–Kier alpha value is -4.20. The molecule has 0 aliphatic carbocycles. The van der Waals surface area contributed by atoms with Crippen LogP contribution in [0.1, 0.15) is 22.8 Å². The Kier molecular flexibility index (Phi) is 6.95. The topological polar surface area (TPSA) is 111 Å². The number of para-hydroxylation sites is 1. The van der Waals surface area contributed by atoms with Gasteiger partial charge in [0.05, 0.1) is 18.0 Å². The zero-order valence-corrected chi connectivity index (χ0v) is 16.8. The van der Waals surface area contributed by atoms with Crippen molar-refractivity contribution in [2.24, 2.45) is 0 Å². The van der Waals surface area contributed by atoms with Gasteiger partial charge in [0.15, 0.2) is 0 Å². The summed E-state index contributed by atoms with van der Waals surface area (Å²) in [5, 5.41) is 16.5. The number of carbonyl (C=O) groups is 2. The Labute approximate surface area is 179 Å². The third kappa shape index (κ3) is 5.89. The number of nitro benzene ring substituents is 1. The Bertz CT molecular complexity index is 1080. The number of nitro groups is 1. The molecule has 0 bridgehead atoms. The highest BCUT2D eigenvalue weighted by atomic mass is 16.6. The average Bonchev–Trinajstić information content (AvgIpc) is 2.76. The predicted octanol–water partition coefficient (Wildman–Crippen LogP) is 4.43. The summed E-state index contributed by atoms with van der Waals surface area (Å²) in [5.41, 5.74) is 1.78. The number of rotatable bonds is 8. The number of amides is 2. The van der Waals surface area contributed by atoms with Gasteiger partial charge in [0, 0.05) is 28.6 Å². The summed E-state index contributed by atoms with van der Waals surface area (Å²) in [5.74, 6) is 0.0456. The van der Waals surface area contributed by atoms with E-state index >= 15 is 0 Å². The molecule has 0 radical (unpaired) electrons. The fraction of sp³-hybridized carbons (Fsp3) is 0.130. The van der Waals surface area contributed by atoms with Crippen LogP contribution >= 0.6 is 0 Å². The van der Waals surface area contributed by atoms with Gasteiger partial charge in [-0.25, -0.2) is 0 Å². The van der Waals surface area contributed by atoms with E-state index in [2.05, 4.69) is 10.6 Å². The summed E-state index contributed by atoms with van der Waals surface area (Å²) in [7, 11) is 0. The van der Waals surface area contributed by atoms with Crippen LogP contribution in [0, 0.1) is 10.1 Å². The number of benzene rings is 3. The standard InChI is InChI=1S/C23H21N3O5/c1-2-31-20-13-11-19(12-14-20)25-23(28)16-7-9-18(10-8-16)24-22(27)15-17-5-3-4-6-21(17)26(29)30/h3-14H,2,15H2,1H3,(H,24,27)(H,25,28). The quantitative estimate of drug-likeness (QED) is 0.415. The van der Waals surface area contributed by atoms with Gasteiger partial charge in [-0.15, -0.1) is 0 Å². The van der Waals surface area contributed by atoms with Crippen molar-refractivity contribution < 1.29 is 19.2 Å². The highest BCUT2D eigenvalue weighted by Crippen LogP contribution is 2.20. The van der Waals surface area contributed by atoms with E-state index in [1.807, 2.05) is 6.92 Å². The van der Waals surface area contributed by atoms with Gasteiger partial charge in [-0.2, -0.15) is 0 Å². The van der Waals surface area contributed by atoms with Crippen molar-refractivity contribution in [3.8, 4) is 5.75 Å². The molecular formula is C23H21N3O5. The predicted molar refractivity (Wildman–Crippen MR) is 117 cm³/mol. The van der Waals surface area contributed by atoms with Gasteiger partial charge in [-0.3, -0.25) is 19.7 Å². The molecule has 8 heteroatoms. The Balaban J connectivity index is 1.59. The van der Waals surface area contributed by atoms with Gasteiger partial charge in [0.2, 0.25) is 5.91 Å². The SMILES string of the molecule is CCOc1ccc(NC(=O)c2ccc(NC(=O)Cc3ccccc3[N+](=O)[O-])cc2)cc1. The molecule has 0 saturated heterocycles. The van der Waals surface area contributed by atoms with E-state index in [0.717, 1.165) is 5.75 Å². The number of carbonyl (C=O) groups excluding carboxylic acids is 2. The van der Waals surface area contributed by atoms with Gasteiger partial charge < -0.3 is 15.4 Å². The van der Waals surface area contributed by atoms with E-state index in [-0.39, 0.29) is 23.9 Å². The highest BCUT2D eigenvalue weighted by Gasteiger charge is 2.15. The molecule has 3 aromatic rings. The van der Waals surface area contributed by atoms with E-state index < -0.39 is 4.92 Å². The van der Waals surface area contributed by atoms with Crippen molar-refractivity contribution in [1.82, 2.24) is 0 Å². The molecule has 2 N–H and O–H groups in total. The minimum atomic E-state index is -0.514. The molecule has 2 amide bonds. The third-order valence-electron chi connectivity index (χ3n) is 4.39. The molecule has 0 spiro atoms. The van der Waals surface area contributed by atoms with Gasteiger partial charge in [-0.1, -0.05) is 18.2 Å². The number of hydrogen-bond donors (Lipinski definition) is 2. The van der Waals surface area contributed by atoms with Crippen LogP contribution in [0.4, 0.5) is 17.1 Å². The smallest absolute Gasteiger partial charge is 0.273 e. The molecule has 0 aliphatic rings. The highest BCUT2D eigenvalue weighted by molar-refractivity contribution is 6.04. The molecule has 0 fully saturated rings. The van der Waals surface area contributed by atoms with Crippen LogP contribution in [0.5, 0.6) is 5.75 Å². The Morgan fingerprint density at radius 3 is 2.16 bits per heavy atom. The lowest BCUT2D eigenvalue weighted by atomic mass is 10.1. The van der Waals surface area contributed by atoms with Crippen molar-refractivity contribution in [2.45, 2.75) is 13.3 Å². The first-order chi connectivity index (χ1) is 15.0. The van der Waals surface area contributed by atoms with E-state index in [9.17, 15) is 19.7 Å². The van der Waals surface area contributed by atoms with E-state index in [4.69, 9.17) is 4.74 Å². The number of nitrogens with one attached hydrogen (secondary N) is 2.